The van der Waals surface area contributed by atoms with Crippen molar-refractivity contribution in [2.45, 2.75) is 59.4 Å². The van der Waals surface area contributed by atoms with E-state index in [1.807, 2.05) is 26.0 Å². The van der Waals surface area contributed by atoms with Gasteiger partial charge in [-0.2, -0.15) is 0 Å². The van der Waals surface area contributed by atoms with Crippen LogP contribution in [0.1, 0.15) is 57.6 Å². The minimum atomic E-state index is -0.0832. The Morgan fingerprint density at radius 1 is 1.33 bits per heavy atom. The molecule has 0 spiro atoms. The molecule has 1 aromatic rings. The fraction of sp³-hybridized carbons (Fsp3) is 0.588. The van der Waals surface area contributed by atoms with Crippen LogP contribution in [0.3, 0.4) is 0 Å². The van der Waals surface area contributed by atoms with Crippen molar-refractivity contribution in [1.82, 2.24) is 5.32 Å². The lowest BCUT2D eigenvalue weighted by Gasteiger charge is -2.17. The molecule has 0 fully saturated rings. The van der Waals surface area contributed by atoms with E-state index in [4.69, 9.17) is 10.5 Å². The topological polar surface area (TPSA) is 64.3 Å². The fourth-order valence-corrected chi connectivity index (χ4v) is 2.26. The first kappa shape index (κ1) is 17.3. The predicted octanol–water partition coefficient (Wildman–Crippen LogP) is 3.38. The highest BCUT2D eigenvalue weighted by Crippen LogP contribution is 2.30. The van der Waals surface area contributed by atoms with Crippen molar-refractivity contribution in [3.8, 4) is 5.75 Å². The molecule has 0 heterocycles. The molecule has 1 unspecified atom stereocenters. The second-order valence-corrected chi connectivity index (χ2v) is 5.95. The number of ether oxygens (including phenoxy) is 1. The third kappa shape index (κ3) is 5.29. The summed E-state index contributed by atoms with van der Waals surface area (Å²) in [5.74, 6) is 0.958. The predicted molar refractivity (Wildman–Crippen MR) is 87.7 cm³/mol. The molecule has 3 N–H and O–H groups in total. The average molecular weight is 292 g/mol. The number of anilines is 1. The highest BCUT2D eigenvalue weighted by atomic mass is 16.5. The lowest BCUT2D eigenvalue weighted by molar-refractivity contribution is -0.123. The van der Waals surface area contributed by atoms with Crippen LogP contribution in [0, 0.1) is 6.92 Å². The van der Waals surface area contributed by atoms with Crippen LogP contribution < -0.4 is 15.8 Å². The van der Waals surface area contributed by atoms with Gasteiger partial charge in [-0.05, 0) is 49.4 Å². The Balaban J connectivity index is 2.70. The van der Waals surface area contributed by atoms with Crippen LogP contribution in [0.25, 0.3) is 0 Å². The van der Waals surface area contributed by atoms with Crippen molar-refractivity contribution >= 4 is 11.6 Å². The molecular formula is C17H28N2O2. The maximum absolute atomic E-state index is 11.9. The Morgan fingerprint density at radius 2 is 2.00 bits per heavy atom. The van der Waals surface area contributed by atoms with Gasteiger partial charge in [-0.3, -0.25) is 4.79 Å². The van der Waals surface area contributed by atoms with Crippen LogP contribution in [0.2, 0.25) is 0 Å². The van der Waals surface area contributed by atoms with Gasteiger partial charge in [0.15, 0.2) is 6.61 Å². The quantitative estimate of drug-likeness (QED) is 0.757. The van der Waals surface area contributed by atoms with E-state index in [1.165, 1.54) is 0 Å². The van der Waals surface area contributed by atoms with Gasteiger partial charge in [0.2, 0.25) is 0 Å². The van der Waals surface area contributed by atoms with Gasteiger partial charge >= 0.3 is 0 Å². The number of rotatable bonds is 7. The second kappa shape index (κ2) is 7.91. The van der Waals surface area contributed by atoms with Gasteiger partial charge < -0.3 is 15.8 Å². The molecule has 0 saturated carbocycles. The van der Waals surface area contributed by atoms with Crippen molar-refractivity contribution in [3.05, 3.63) is 23.3 Å². The molecular weight excluding hydrogens is 264 g/mol. The number of carbonyl (C=O) groups is 1. The van der Waals surface area contributed by atoms with Crippen LogP contribution in [-0.4, -0.2) is 18.6 Å². The van der Waals surface area contributed by atoms with Crippen LogP contribution >= 0.6 is 0 Å². The summed E-state index contributed by atoms with van der Waals surface area (Å²) in [6.45, 7) is 10.3. The number of nitrogens with one attached hydrogen (secondary N) is 1. The molecule has 0 aliphatic rings. The zero-order chi connectivity index (χ0) is 16.0. The lowest BCUT2D eigenvalue weighted by atomic mass is 9.99. The molecule has 4 heteroatoms. The smallest absolute Gasteiger partial charge is 0.258 e. The molecule has 21 heavy (non-hydrogen) atoms. The second-order valence-electron chi connectivity index (χ2n) is 5.95. The Kier molecular flexibility index (Phi) is 6.53. The van der Waals surface area contributed by atoms with Crippen molar-refractivity contribution in [3.63, 3.8) is 0 Å². The molecule has 0 aromatic heterocycles. The molecule has 0 saturated heterocycles. The number of amides is 1. The van der Waals surface area contributed by atoms with E-state index in [9.17, 15) is 4.79 Å². The van der Waals surface area contributed by atoms with Gasteiger partial charge in [0.25, 0.3) is 5.91 Å². The minimum Gasteiger partial charge on any atom is -0.483 e. The van der Waals surface area contributed by atoms with Crippen molar-refractivity contribution in [1.29, 1.82) is 0 Å². The third-order valence-electron chi connectivity index (χ3n) is 3.51. The van der Waals surface area contributed by atoms with E-state index in [0.717, 1.165) is 35.4 Å². The number of hydrogen-bond acceptors (Lipinski definition) is 3. The molecule has 4 nitrogen and oxygen atoms in total. The zero-order valence-corrected chi connectivity index (χ0v) is 13.8. The Morgan fingerprint density at radius 3 is 2.57 bits per heavy atom. The van der Waals surface area contributed by atoms with E-state index in [1.54, 1.807) is 0 Å². The Hall–Kier alpha value is -1.71. The molecule has 0 bridgehead atoms. The lowest BCUT2D eigenvalue weighted by Crippen LogP contribution is -2.36. The van der Waals surface area contributed by atoms with E-state index < -0.39 is 0 Å². The summed E-state index contributed by atoms with van der Waals surface area (Å²) in [6, 6.07) is 4.03. The fourth-order valence-electron chi connectivity index (χ4n) is 2.26. The summed E-state index contributed by atoms with van der Waals surface area (Å²) < 4.78 is 5.71. The van der Waals surface area contributed by atoms with Crippen molar-refractivity contribution in [2.75, 3.05) is 12.3 Å². The highest BCUT2D eigenvalue weighted by molar-refractivity contribution is 5.77. The van der Waals surface area contributed by atoms with Crippen LogP contribution in [-0.2, 0) is 4.79 Å². The Bertz CT molecular complexity index is 484. The summed E-state index contributed by atoms with van der Waals surface area (Å²) >= 11 is 0. The zero-order valence-electron chi connectivity index (χ0n) is 13.8. The van der Waals surface area contributed by atoms with Gasteiger partial charge in [0, 0.05) is 11.7 Å². The van der Waals surface area contributed by atoms with E-state index in [2.05, 4.69) is 26.1 Å². The number of aryl methyl sites for hydroxylation is 1. The van der Waals surface area contributed by atoms with E-state index >= 15 is 0 Å². The monoisotopic (exact) mass is 292 g/mol. The SMILES string of the molecule is CCCC(C)NC(=O)COc1cc(C)c(N)cc1C(C)C. The number of nitrogen functional groups attached to an aromatic ring is 1. The summed E-state index contributed by atoms with van der Waals surface area (Å²) in [6.07, 6.45) is 2.03. The minimum absolute atomic E-state index is 0.0388. The Labute approximate surface area is 128 Å². The largest absolute Gasteiger partial charge is 0.483 e. The van der Waals surface area contributed by atoms with Gasteiger partial charge in [-0.25, -0.2) is 0 Å². The first-order valence-corrected chi connectivity index (χ1v) is 7.67. The summed E-state index contributed by atoms with van der Waals surface area (Å²) in [5, 5.41) is 2.94. The molecule has 1 rings (SSSR count). The summed E-state index contributed by atoms with van der Waals surface area (Å²) in [4.78, 5) is 11.9. The van der Waals surface area contributed by atoms with Crippen LogP contribution in [0.4, 0.5) is 5.69 Å². The molecule has 1 amide bonds. The first-order valence-electron chi connectivity index (χ1n) is 7.67. The van der Waals surface area contributed by atoms with Gasteiger partial charge in [0.1, 0.15) is 5.75 Å². The van der Waals surface area contributed by atoms with Crippen molar-refractivity contribution < 1.29 is 9.53 Å². The van der Waals surface area contributed by atoms with Crippen LogP contribution in [0.15, 0.2) is 12.1 Å². The maximum atomic E-state index is 11.9. The molecule has 118 valence electrons. The normalized spacial score (nSPS) is 12.3. The number of benzene rings is 1. The summed E-state index contributed by atoms with van der Waals surface area (Å²) in [7, 11) is 0. The van der Waals surface area contributed by atoms with Crippen LogP contribution in [0.5, 0.6) is 5.75 Å². The maximum Gasteiger partial charge on any atom is 0.258 e. The molecule has 0 aliphatic carbocycles. The van der Waals surface area contributed by atoms with E-state index in [0.29, 0.717) is 5.92 Å². The molecule has 0 radical (unpaired) electrons. The number of hydrogen-bond donors (Lipinski definition) is 2. The van der Waals surface area contributed by atoms with E-state index in [-0.39, 0.29) is 18.6 Å². The standard InChI is InChI=1S/C17H28N2O2/c1-6-7-13(5)19-17(20)10-21-16-8-12(4)15(18)9-14(16)11(2)3/h8-9,11,13H,6-7,10,18H2,1-5H3,(H,19,20). The summed E-state index contributed by atoms with van der Waals surface area (Å²) in [5.41, 5.74) is 8.71. The highest BCUT2D eigenvalue weighted by Gasteiger charge is 2.13. The molecule has 0 aliphatic heterocycles. The van der Waals surface area contributed by atoms with Gasteiger partial charge in [-0.15, -0.1) is 0 Å². The number of nitrogens with two attached hydrogens (primary N) is 1. The van der Waals surface area contributed by atoms with Gasteiger partial charge in [-0.1, -0.05) is 27.2 Å². The number of carbonyl (C=O) groups excluding carboxylic acids is 1. The average Bonchev–Trinajstić information content (AvgIpc) is 2.39. The third-order valence-corrected chi connectivity index (χ3v) is 3.51. The van der Waals surface area contributed by atoms with Gasteiger partial charge in [0.05, 0.1) is 0 Å². The van der Waals surface area contributed by atoms with Crippen molar-refractivity contribution in [2.24, 2.45) is 0 Å². The molecule has 1 aromatic carbocycles. The molecule has 1 atom stereocenters. The first-order chi connectivity index (χ1) is 9.85.